The average molecular weight is 372 g/mol. The van der Waals surface area contributed by atoms with Crippen molar-refractivity contribution >= 4 is 39.8 Å². The van der Waals surface area contributed by atoms with Crippen LogP contribution in [-0.2, 0) is 16.1 Å². The van der Waals surface area contributed by atoms with E-state index in [1.54, 1.807) is 6.33 Å². The Labute approximate surface area is 155 Å². The summed E-state index contributed by atoms with van der Waals surface area (Å²) < 4.78 is 1.81. The van der Waals surface area contributed by atoms with E-state index in [2.05, 4.69) is 10.3 Å². The van der Waals surface area contributed by atoms with E-state index < -0.39 is 0 Å². The molecule has 0 spiro atoms. The molecule has 0 radical (unpaired) electrons. The summed E-state index contributed by atoms with van der Waals surface area (Å²) in [6, 6.07) is 7.24. The number of rotatable bonds is 4. The predicted octanol–water partition coefficient (Wildman–Crippen LogP) is 2.16. The third-order valence-electron chi connectivity index (χ3n) is 5.03. The second-order valence-corrected chi connectivity index (χ2v) is 7.63. The van der Waals surface area contributed by atoms with Crippen molar-refractivity contribution in [2.45, 2.75) is 44.3 Å². The molecule has 0 unspecified atom stereocenters. The van der Waals surface area contributed by atoms with Gasteiger partial charge in [-0.15, -0.1) is 0 Å². The van der Waals surface area contributed by atoms with Crippen LogP contribution >= 0.6 is 11.8 Å². The first-order valence-corrected chi connectivity index (χ1v) is 9.80. The third kappa shape index (κ3) is 3.21. The molecule has 8 heteroatoms. The number of fused-ring (bicyclic) bond motifs is 1. The lowest BCUT2D eigenvalue weighted by molar-refractivity contribution is -0.129. The number of imide groups is 1. The van der Waals surface area contributed by atoms with Crippen molar-refractivity contribution in [3.8, 4) is 0 Å². The smallest absolute Gasteiger partial charge is 0.289 e. The summed E-state index contributed by atoms with van der Waals surface area (Å²) in [7, 11) is 0. The van der Waals surface area contributed by atoms with Crippen molar-refractivity contribution in [3.05, 3.63) is 30.6 Å². The summed E-state index contributed by atoms with van der Waals surface area (Å²) in [5, 5.41) is 2.85. The molecular weight excluding hydrogens is 352 g/mol. The van der Waals surface area contributed by atoms with Crippen molar-refractivity contribution in [2.24, 2.45) is 0 Å². The summed E-state index contributed by atoms with van der Waals surface area (Å²) in [6.07, 6.45) is 5.14. The van der Waals surface area contributed by atoms with Gasteiger partial charge in [0.15, 0.2) is 0 Å². The molecule has 1 aromatic carbocycles. The molecule has 1 aliphatic heterocycles. The maximum Gasteiger partial charge on any atom is 0.289 e. The molecule has 1 aliphatic carbocycles. The van der Waals surface area contributed by atoms with Crippen molar-refractivity contribution in [2.75, 3.05) is 5.75 Å². The standard InChI is InChI=1S/C18H20N4O3S/c23-16(9-21-11-19-12-5-1-3-7-14(12)21)20-13-6-2-4-8-15(13)22-17(24)10-26-18(22)25/h1,3,5,7,11,13,15H,2,4,6,8-10H2,(H,20,23)/t13-,15+/m1/s1. The minimum Gasteiger partial charge on any atom is -0.350 e. The fourth-order valence-electron chi connectivity index (χ4n) is 3.82. The molecule has 136 valence electrons. The molecule has 1 saturated heterocycles. The van der Waals surface area contributed by atoms with Gasteiger partial charge in [0.2, 0.25) is 11.8 Å². The Bertz CT molecular complexity index is 849. The number of hydrogen-bond acceptors (Lipinski definition) is 5. The molecule has 1 aromatic heterocycles. The van der Waals surface area contributed by atoms with Crippen LogP contribution in [0.2, 0.25) is 0 Å². The molecule has 3 amide bonds. The quantitative estimate of drug-likeness (QED) is 0.889. The maximum absolute atomic E-state index is 12.6. The van der Waals surface area contributed by atoms with Gasteiger partial charge in [0, 0.05) is 6.04 Å². The highest BCUT2D eigenvalue weighted by Crippen LogP contribution is 2.30. The lowest BCUT2D eigenvalue weighted by Crippen LogP contribution is -2.55. The molecule has 2 aromatic rings. The zero-order valence-corrected chi connectivity index (χ0v) is 15.1. The summed E-state index contributed by atoms with van der Waals surface area (Å²) in [4.78, 5) is 42.4. The Morgan fingerprint density at radius 3 is 2.85 bits per heavy atom. The zero-order chi connectivity index (χ0) is 18.1. The molecule has 0 bridgehead atoms. The van der Waals surface area contributed by atoms with E-state index in [-0.39, 0.29) is 41.4 Å². The van der Waals surface area contributed by atoms with Gasteiger partial charge in [-0.2, -0.15) is 0 Å². The number of benzene rings is 1. The zero-order valence-electron chi connectivity index (χ0n) is 14.3. The minimum absolute atomic E-state index is 0.128. The Kier molecular flexibility index (Phi) is 4.67. The Hall–Kier alpha value is -2.35. The number of amides is 3. The van der Waals surface area contributed by atoms with Crippen LogP contribution in [0.25, 0.3) is 11.0 Å². The predicted molar refractivity (Wildman–Crippen MR) is 98.6 cm³/mol. The van der Waals surface area contributed by atoms with Gasteiger partial charge in [-0.05, 0) is 25.0 Å². The van der Waals surface area contributed by atoms with E-state index in [9.17, 15) is 14.4 Å². The van der Waals surface area contributed by atoms with Crippen molar-refractivity contribution < 1.29 is 14.4 Å². The van der Waals surface area contributed by atoms with Gasteiger partial charge in [-0.1, -0.05) is 36.7 Å². The van der Waals surface area contributed by atoms with Gasteiger partial charge < -0.3 is 9.88 Å². The lowest BCUT2D eigenvalue weighted by Gasteiger charge is -2.36. The van der Waals surface area contributed by atoms with Crippen molar-refractivity contribution in [3.63, 3.8) is 0 Å². The van der Waals surface area contributed by atoms with Crippen LogP contribution in [0.4, 0.5) is 4.79 Å². The van der Waals surface area contributed by atoms with Crippen LogP contribution in [0, 0.1) is 0 Å². The highest BCUT2D eigenvalue weighted by Gasteiger charge is 2.41. The highest BCUT2D eigenvalue weighted by molar-refractivity contribution is 8.14. The molecular formula is C18H20N4O3S. The van der Waals surface area contributed by atoms with E-state index in [4.69, 9.17) is 0 Å². The summed E-state index contributed by atoms with van der Waals surface area (Å²) >= 11 is 1.05. The Morgan fingerprint density at radius 2 is 2.04 bits per heavy atom. The largest absolute Gasteiger partial charge is 0.350 e. The van der Waals surface area contributed by atoms with E-state index in [0.29, 0.717) is 0 Å². The van der Waals surface area contributed by atoms with E-state index in [0.717, 1.165) is 48.5 Å². The fourth-order valence-corrected chi connectivity index (χ4v) is 4.58. The SMILES string of the molecule is O=C(Cn1cnc2ccccc21)N[C@@H]1CCCC[C@@H]1N1C(=O)CSC1=O. The molecule has 7 nitrogen and oxygen atoms in total. The van der Waals surface area contributed by atoms with Gasteiger partial charge in [-0.25, -0.2) is 4.98 Å². The van der Waals surface area contributed by atoms with E-state index in [1.807, 2.05) is 28.8 Å². The Morgan fingerprint density at radius 1 is 1.23 bits per heavy atom. The maximum atomic E-state index is 12.6. The van der Waals surface area contributed by atoms with Crippen LogP contribution in [0.1, 0.15) is 25.7 Å². The van der Waals surface area contributed by atoms with Crippen molar-refractivity contribution in [1.82, 2.24) is 19.8 Å². The van der Waals surface area contributed by atoms with Gasteiger partial charge in [0.05, 0.1) is 29.2 Å². The van der Waals surface area contributed by atoms with Crippen LogP contribution in [0.5, 0.6) is 0 Å². The second-order valence-electron chi connectivity index (χ2n) is 6.71. The molecule has 4 rings (SSSR count). The van der Waals surface area contributed by atoms with Crippen LogP contribution in [0.3, 0.4) is 0 Å². The molecule has 2 atom stereocenters. The molecule has 1 N–H and O–H groups in total. The van der Waals surface area contributed by atoms with Crippen molar-refractivity contribution in [1.29, 1.82) is 0 Å². The molecule has 2 fully saturated rings. The lowest BCUT2D eigenvalue weighted by atomic mass is 9.89. The minimum atomic E-state index is -0.234. The average Bonchev–Trinajstić information content (AvgIpc) is 3.19. The number of carbonyl (C=O) groups is 3. The number of carbonyl (C=O) groups excluding carboxylic acids is 3. The topological polar surface area (TPSA) is 84.3 Å². The number of thioether (sulfide) groups is 1. The number of nitrogens with one attached hydrogen (secondary N) is 1. The summed E-state index contributed by atoms with van der Waals surface area (Å²) in [5.41, 5.74) is 1.75. The monoisotopic (exact) mass is 372 g/mol. The first kappa shape index (κ1) is 17.1. The van der Waals surface area contributed by atoms with E-state index in [1.165, 1.54) is 4.90 Å². The van der Waals surface area contributed by atoms with Crippen LogP contribution in [-0.4, -0.2) is 49.3 Å². The van der Waals surface area contributed by atoms with Gasteiger partial charge in [0.25, 0.3) is 5.24 Å². The molecule has 1 saturated carbocycles. The molecule has 26 heavy (non-hydrogen) atoms. The molecule has 2 heterocycles. The normalized spacial score (nSPS) is 23.6. The first-order chi connectivity index (χ1) is 12.6. The summed E-state index contributed by atoms with van der Waals surface area (Å²) in [5.74, 6) is -0.0691. The van der Waals surface area contributed by atoms with Gasteiger partial charge in [-0.3, -0.25) is 19.3 Å². The number of imidazole rings is 1. The summed E-state index contributed by atoms with van der Waals surface area (Å²) in [6.45, 7) is 0.167. The number of para-hydroxylation sites is 2. The number of hydrogen-bond donors (Lipinski definition) is 1. The van der Waals surface area contributed by atoms with Gasteiger partial charge in [0.1, 0.15) is 6.54 Å². The van der Waals surface area contributed by atoms with Gasteiger partial charge >= 0.3 is 0 Å². The third-order valence-corrected chi connectivity index (χ3v) is 5.87. The fraction of sp³-hybridized carbons (Fsp3) is 0.444. The Balaban J connectivity index is 1.47. The number of nitrogens with zero attached hydrogens (tertiary/aromatic N) is 3. The van der Waals surface area contributed by atoms with Crippen LogP contribution < -0.4 is 5.32 Å². The highest BCUT2D eigenvalue weighted by atomic mass is 32.2. The molecule has 2 aliphatic rings. The first-order valence-electron chi connectivity index (χ1n) is 8.81. The van der Waals surface area contributed by atoms with E-state index >= 15 is 0 Å². The van der Waals surface area contributed by atoms with Crippen LogP contribution in [0.15, 0.2) is 30.6 Å². The second kappa shape index (κ2) is 7.11. The number of aromatic nitrogens is 2.